The lowest BCUT2D eigenvalue weighted by atomic mass is 9.81. The van der Waals surface area contributed by atoms with Gasteiger partial charge in [0, 0.05) is 21.9 Å². The molecule has 0 N–H and O–H groups in total. The Morgan fingerprint density at radius 3 is 2.38 bits per heavy atom. The van der Waals surface area contributed by atoms with E-state index in [0.29, 0.717) is 20.8 Å². The zero-order chi connectivity index (χ0) is 22.9. The number of aromatic nitrogens is 2. The predicted molar refractivity (Wildman–Crippen MR) is 133 cm³/mol. The summed E-state index contributed by atoms with van der Waals surface area (Å²) >= 11 is 20.2. The van der Waals surface area contributed by atoms with Gasteiger partial charge in [-0.3, -0.25) is 4.57 Å². The van der Waals surface area contributed by atoms with E-state index in [1.54, 1.807) is 30.0 Å². The molecule has 0 bridgehead atoms. The zero-order valence-electron chi connectivity index (χ0n) is 17.4. The Morgan fingerprint density at radius 2 is 1.69 bits per heavy atom. The molecule has 2 nitrogen and oxygen atoms in total. The molecule has 0 fully saturated rings. The SMILES string of the molecule is CC(C)(c1ccc(Cl)c(Cl)c1)c1cnc(SCc2cccc(Cl)c2)n1-c1ccc(F)cc1. The molecule has 1 aromatic heterocycles. The van der Waals surface area contributed by atoms with E-state index < -0.39 is 5.41 Å². The molecule has 0 atom stereocenters. The molecular formula is C25H20Cl3FN2S. The van der Waals surface area contributed by atoms with Gasteiger partial charge in [-0.15, -0.1) is 0 Å². The lowest BCUT2D eigenvalue weighted by Gasteiger charge is -2.28. The van der Waals surface area contributed by atoms with E-state index >= 15 is 0 Å². The van der Waals surface area contributed by atoms with Crippen molar-refractivity contribution in [1.29, 1.82) is 0 Å². The van der Waals surface area contributed by atoms with Crippen LogP contribution in [0.5, 0.6) is 0 Å². The molecule has 4 aromatic rings. The number of hydrogen-bond acceptors (Lipinski definition) is 2. The van der Waals surface area contributed by atoms with Crippen molar-refractivity contribution in [2.24, 2.45) is 0 Å². The monoisotopic (exact) mass is 504 g/mol. The van der Waals surface area contributed by atoms with Crippen LogP contribution in [0.3, 0.4) is 0 Å². The predicted octanol–water partition coefficient (Wildman–Crippen LogP) is 8.59. The van der Waals surface area contributed by atoms with Crippen molar-refractivity contribution in [1.82, 2.24) is 9.55 Å². The summed E-state index contributed by atoms with van der Waals surface area (Å²) in [5.41, 5.74) is 3.45. The molecule has 0 spiro atoms. The van der Waals surface area contributed by atoms with Gasteiger partial charge in [0.2, 0.25) is 0 Å². The Morgan fingerprint density at radius 1 is 0.938 bits per heavy atom. The van der Waals surface area contributed by atoms with E-state index in [1.807, 2.05) is 42.6 Å². The Bertz CT molecular complexity index is 1250. The second-order valence-electron chi connectivity index (χ2n) is 7.91. The number of thioether (sulfide) groups is 1. The molecule has 164 valence electrons. The van der Waals surface area contributed by atoms with Gasteiger partial charge < -0.3 is 0 Å². The molecule has 0 saturated heterocycles. The second-order valence-corrected chi connectivity index (χ2v) is 10.1. The van der Waals surface area contributed by atoms with E-state index in [4.69, 9.17) is 39.8 Å². The third-order valence-electron chi connectivity index (χ3n) is 5.35. The zero-order valence-corrected chi connectivity index (χ0v) is 20.5. The third-order valence-corrected chi connectivity index (χ3v) is 7.35. The number of imidazole rings is 1. The van der Waals surface area contributed by atoms with E-state index in [2.05, 4.69) is 18.4 Å². The van der Waals surface area contributed by atoms with Gasteiger partial charge >= 0.3 is 0 Å². The first kappa shape index (κ1) is 23.2. The molecule has 7 heteroatoms. The Kier molecular flexibility index (Phi) is 6.87. The standard InChI is InChI=1S/C25H20Cl3FN2S/c1-25(2,17-6-11-21(27)22(28)13-17)23-14-30-24(31(23)20-9-7-19(29)8-10-20)32-15-16-4-3-5-18(26)12-16/h3-14H,15H2,1-2H3. The van der Waals surface area contributed by atoms with Gasteiger partial charge in [0.15, 0.2) is 5.16 Å². The third kappa shape index (κ3) is 4.84. The van der Waals surface area contributed by atoms with Crippen molar-refractivity contribution < 1.29 is 4.39 Å². The smallest absolute Gasteiger partial charge is 0.173 e. The minimum absolute atomic E-state index is 0.285. The summed E-state index contributed by atoms with van der Waals surface area (Å²) in [7, 11) is 0. The first-order valence-electron chi connectivity index (χ1n) is 9.92. The van der Waals surface area contributed by atoms with Crippen LogP contribution in [0.15, 0.2) is 78.1 Å². The van der Waals surface area contributed by atoms with Gasteiger partial charge in [-0.1, -0.05) is 78.6 Å². The number of hydrogen-bond donors (Lipinski definition) is 0. The van der Waals surface area contributed by atoms with Crippen LogP contribution in [0.25, 0.3) is 5.69 Å². The Labute approximate surface area is 206 Å². The van der Waals surface area contributed by atoms with Crippen molar-refractivity contribution >= 4 is 46.6 Å². The fourth-order valence-corrected chi connectivity index (χ4v) is 4.97. The van der Waals surface area contributed by atoms with E-state index in [0.717, 1.165) is 27.7 Å². The average molecular weight is 506 g/mol. The van der Waals surface area contributed by atoms with Crippen LogP contribution in [0.4, 0.5) is 4.39 Å². The van der Waals surface area contributed by atoms with Gasteiger partial charge in [0.05, 0.1) is 21.9 Å². The molecule has 32 heavy (non-hydrogen) atoms. The Balaban J connectivity index is 1.78. The summed E-state index contributed by atoms with van der Waals surface area (Å²) in [5.74, 6) is 0.415. The van der Waals surface area contributed by atoms with Crippen molar-refractivity contribution in [3.63, 3.8) is 0 Å². The van der Waals surface area contributed by atoms with E-state index in [-0.39, 0.29) is 5.82 Å². The molecule has 0 aliphatic carbocycles. The average Bonchev–Trinajstić information content (AvgIpc) is 3.19. The van der Waals surface area contributed by atoms with Gasteiger partial charge in [-0.25, -0.2) is 9.37 Å². The normalized spacial score (nSPS) is 11.7. The summed E-state index contributed by atoms with van der Waals surface area (Å²) in [6.07, 6.45) is 1.87. The largest absolute Gasteiger partial charge is 0.291 e. The molecule has 4 rings (SSSR count). The van der Waals surface area contributed by atoms with Gasteiger partial charge in [0.25, 0.3) is 0 Å². The number of halogens is 4. The Hall–Kier alpha value is -1.98. The minimum Gasteiger partial charge on any atom is -0.291 e. The van der Waals surface area contributed by atoms with E-state index in [9.17, 15) is 4.39 Å². The van der Waals surface area contributed by atoms with Crippen molar-refractivity contribution in [2.45, 2.75) is 30.2 Å². The first-order valence-corrected chi connectivity index (χ1v) is 12.0. The summed E-state index contributed by atoms with van der Waals surface area (Å²) in [4.78, 5) is 4.72. The molecule has 0 unspecified atom stereocenters. The highest BCUT2D eigenvalue weighted by atomic mass is 35.5. The lowest BCUT2D eigenvalue weighted by Crippen LogP contribution is -2.23. The fourth-order valence-electron chi connectivity index (χ4n) is 3.52. The lowest BCUT2D eigenvalue weighted by molar-refractivity contribution is 0.591. The molecule has 0 aliphatic heterocycles. The van der Waals surface area contributed by atoms with Crippen LogP contribution in [-0.2, 0) is 11.2 Å². The minimum atomic E-state index is -0.440. The first-order chi connectivity index (χ1) is 15.3. The summed E-state index contributed by atoms with van der Waals surface area (Å²) < 4.78 is 15.7. The van der Waals surface area contributed by atoms with Crippen LogP contribution < -0.4 is 0 Å². The highest BCUT2D eigenvalue weighted by Crippen LogP contribution is 2.38. The van der Waals surface area contributed by atoms with Crippen LogP contribution in [0.2, 0.25) is 15.1 Å². The van der Waals surface area contributed by atoms with Gasteiger partial charge in [-0.05, 0) is 59.7 Å². The van der Waals surface area contributed by atoms with Crippen LogP contribution in [0, 0.1) is 5.82 Å². The molecule has 0 saturated carbocycles. The highest BCUT2D eigenvalue weighted by Gasteiger charge is 2.30. The quantitative estimate of drug-likeness (QED) is 0.244. The number of benzene rings is 3. The molecule has 1 heterocycles. The molecule has 0 radical (unpaired) electrons. The maximum Gasteiger partial charge on any atom is 0.173 e. The van der Waals surface area contributed by atoms with Crippen molar-refractivity contribution in [3.05, 3.63) is 111 Å². The molecule has 3 aromatic carbocycles. The summed E-state index contributed by atoms with van der Waals surface area (Å²) in [5, 5.41) is 2.52. The summed E-state index contributed by atoms with van der Waals surface area (Å²) in [6.45, 7) is 4.21. The topological polar surface area (TPSA) is 17.8 Å². The van der Waals surface area contributed by atoms with Gasteiger partial charge in [-0.2, -0.15) is 0 Å². The summed E-state index contributed by atoms with van der Waals surface area (Å²) in [6, 6.07) is 19.8. The van der Waals surface area contributed by atoms with Crippen LogP contribution >= 0.6 is 46.6 Å². The number of nitrogens with zero attached hydrogens (tertiary/aromatic N) is 2. The molecular weight excluding hydrogens is 486 g/mol. The highest BCUT2D eigenvalue weighted by molar-refractivity contribution is 7.98. The van der Waals surface area contributed by atoms with Crippen molar-refractivity contribution in [2.75, 3.05) is 0 Å². The fraction of sp³-hybridized carbons (Fsp3) is 0.160. The van der Waals surface area contributed by atoms with Crippen LogP contribution in [-0.4, -0.2) is 9.55 Å². The van der Waals surface area contributed by atoms with E-state index in [1.165, 1.54) is 12.1 Å². The number of rotatable bonds is 6. The van der Waals surface area contributed by atoms with Crippen LogP contribution in [0.1, 0.15) is 30.7 Å². The van der Waals surface area contributed by atoms with Gasteiger partial charge in [0.1, 0.15) is 5.82 Å². The second kappa shape index (κ2) is 9.48. The maximum absolute atomic E-state index is 13.6. The molecule has 0 amide bonds. The van der Waals surface area contributed by atoms with Crippen molar-refractivity contribution in [3.8, 4) is 5.69 Å². The molecule has 0 aliphatic rings. The maximum atomic E-state index is 13.6.